The molecule has 1 aliphatic heterocycles. The molecule has 112 valence electrons. The van der Waals surface area contributed by atoms with Gasteiger partial charge in [0.05, 0.1) is 22.4 Å². The Kier molecular flexibility index (Phi) is 3.28. The molecule has 2 fully saturated rings. The molecule has 1 aliphatic carbocycles. The Morgan fingerprint density at radius 3 is 2.38 bits per heavy atom. The van der Waals surface area contributed by atoms with E-state index in [-0.39, 0.29) is 23.9 Å². The van der Waals surface area contributed by atoms with Gasteiger partial charge in [-0.05, 0) is 58.2 Å². The molecule has 0 unspecified atom stereocenters. The molecule has 0 radical (unpaired) electrons. The molecule has 5 heteroatoms. The first-order valence-electron chi connectivity index (χ1n) is 7.51. The molecule has 2 aliphatic rings. The van der Waals surface area contributed by atoms with Crippen LogP contribution >= 0.6 is 0 Å². The van der Waals surface area contributed by atoms with Crippen molar-refractivity contribution in [1.82, 2.24) is 4.98 Å². The smallest absolute Gasteiger partial charge is 0.400 e. The van der Waals surface area contributed by atoms with Gasteiger partial charge in [0, 0.05) is 6.20 Å². The summed E-state index contributed by atoms with van der Waals surface area (Å²) >= 11 is 0. The quantitative estimate of drug-likeness (QED) is 0.868. The first-order valence-corrected chi connectivity index (χ1v) is 7.51. The number of rotatable bonds is 3. The van der Waals surface area contributed by atoms with Gasteiger partial charge in [0.1, 0.15) is 0 Å². The molecule has 0 amide bonds. The average molecular weight is 286 g/mol. The fourth-order valence-corrected chi connectivity index (χ4v) is 2.37. The van der Waals surface area contributed by atoms with Crippen molar-refractivity contribution in [2.45, 2.75) is 57.3 Å². The summed E-state index contributed by atoms with van der Waals surface area (Å²) in [5.41, 5.74) is 7.43. The van der Waals surface area contributed by atoms with Gasteiger partial charge in [-0.1, -0.05) is 12.1 Å². The van der Waals surface area contributed by atoms with Crippen molar-refractivity contribution in [1.29, 1.82) is 0 Å². The fourth-order valence-electron chi connectivity index (χ4n) is 2.37. The molecular weight excluding hydrogens is 263 g/mol. The van der Waals surface area contributed by atoms with Crippen LogP contribution in [0.4, 0.5) is 0 Å². The van der Waals surface area contributed by atoms with Crippen molar-refractivity contribution >= 4 is 13.2 Å². The van der Waals surface area contributed by atoms with E-state index in [1.165, 1.54) is 0 Å². The van der Waals surface area contributed by atoms with Crippen molar-refractivity contribution < 1.29 is 9.31 Å². The van der Waals surface area contributed by atoms with E-state index in [1.807, 2.05) is 24.3 Å². The predicted octanol–water partition coefficient (Wildman–Crippen LogP) is 2.67. The lowest BCUT2D eigenvalue weighted by molar-refractivity contribution is 0.00578. The van der Waals surface area contributed by atoms with E-state index in [0.717, 1.165) is 24.1 Å². The van der Waals surface area contributed by atoms with Crippen LogP contribution in [0.5, 0.6) is 0 Å². The number of nitrogens with two attached hydrogens (primary N) is 1. The lowest BCUT2D eigenvalue weighted by Gasteiger charge is -2.32. The molecule has 4 nitrogen and oxygen atoms in total. The minimum Gasteiger partial charge on any atom is -0.400 e. The van der Waals surface area contributed by atoms with Crippen LogP contribution in [0.2, 0.25) is 0 Å². The highest BCUT2D eigenvalue weighted by atomic mass is 16.7. The van der Waals surface area contributed by atoms with Gasteiger partial charge in [-0.3, -0.25) is 4.98 Å². The zero-order valence-electron chi connectivity index (χ0n) is 13.2. The van der Waals surface area contributed by atoms with Crippen molar-refractivity contribution in [3.05, 3.63) is 35.6 Å². The molecule has 21 heavy (non-hydrogen) atoms. The first kappa shape index (κ1) is 14.8. The molecule has 0 aromatic carbocycles. The second-order valence-corrected chi connectivity index (χ2v) is 7.11. The number of hydrogen-bond donors (Lipinski definition) is 1. The number of aromatic nitrogens is 1. The van der Waals surface area contributed by atoms with Crippen molar-refractivity contribution in [3.8, 4) is 0 Å². The molecule has 2 N–H and O–H groups in total. The Balaban J connectivity index is 1.73. The van der Waals surface area contributed by atoms with E-state index in [2.05, 4.69) is 38.7 Å². The van der Waals surface area contributed by atoms with Gasteiger partial charge in [-0.15, -0.1) is 0 Å². The van der Waals surface area contributed by atoms with Crippen LogP contribution in [0.15, 0.2) is 24.3 Å². The maximum Gasteiger partial charge on any atom is 0.487 e. The van der Waals surface area contributed by atoms with Gasteiger partial charge in [0.25, 0.3) is 0 Å². The molecule has 3 rings (SSSR count). The van der Waals surface area contributed by atoms with E-state index in [4.69, 9.17) is 15.0 Å². The molecular formula is C16H23BN2O2. The first-order chi connectivity index (χ1) is 9.72. The second-order valence-electron chi connectivity index (χ2n) is 7.11. The highest BCUT2D eigenvalue weighted by molar-refractivity contribution is 6.52. The third-order valence-electron chi connectivity index (χ3n) is 4.80. The standard InChI is InChI=1S/C16H23BN2O2/c1-14(2)15(3,4)21-17(20-14)9-5-12-6-10-19-13(11-12)16(18)7-8-16/h5-6,9-11H,7-8,18H2,1-4H3/b9-5+. The van der Waals surface area contributed by atoms with E-state index >= 15 is 0 Å². The van der Waals surface area contributed by atoms with Crippen LogP contribution in [-0.2, 0) is 14.8 Å². The van der Waals surface area contributed by atoms with Crippen LogP contribution in [0.1, 0.15) is 51.8 Å². The molecule has 1 aromatic heterocycles. The van der Waals surface area contributed by atoms with Crippen molar-refractivity contribution in [2.75, 3.05) is 0 Å². The second kappa shape index (κ2) is 4.67. The van der Waals surface area contributed by atoms with Crippen LogP contribution < -0.4 is 5.73 Å². The van der Waals surface area contributed by atoms with Gasteiger partial charge in [0.15, 0.2) is 0 Å². The van der Waals surface area contributed by atoms with E-state index in [0.29, 0.717) is 0 Å². The third kappa shape index (κ3) is 2.78. The molecule has 1 aromatic rings. The largest absolute Gasteiger partial charge is 0.487 e. The monoisotopic (exact) mass is 286 g/mol. The summed E-state index contributed by atoms with van der Waals surface area (Å²) < 4.78 is 11.9. The summed E-state index contributed by atoms with van der Waals surface area (Å²) in [6, 6.07) is 4.02. The Hall–Kier alpha value is -1.17. The molecule has 0 spiro atoms. The average Bonchev–Trinajstić information content (AvgIpc) is 3.10. The minimum atomic E-state index is -0.320. The summed E-state index contributed by atoms with van der Waals surface area (Å²) in [7, 11) is -0.320. The predicted molar refractivity (Wildman–Crippen MR) is 84.5 cm³/mol. The van der Waals surface area contributed by atoms with Crippen molar-refractivity contribution in [3.63, 3.8) is 0 Å². The maximum absolute atomic E-state index is 6.19. The Labute approximate surface area is 126 Å². The van der Waals surface area contributed by atoms with Crippen molar-refractivity contribution in [2.24, 2.45) is 5.73 Å². The molecule has 1 saturated carbocycles. The summed E-state index contributed by atoms with van der Waals surface area (Å²) in [5, 5.41) is 0. The summed E-state index contributed by atoms with van der Waals surface area (Å²) in [6.07, 6.45) is 5.86. The van der Waals surface area contributed by atoms with Crippen LogP contribution in [0.3, 0.4) is 0 Å². The highest BCUT2D eigenvalue weighted by Crippen LogP contribution is 2.41. The Bertz CT molecular complexity index is 563. The maximum atomic E-state index is 6.19. The highest BCUT2D eigenvalue weighted by Gasteiger charge is 2.50. The lowest BCUT2D eigenvalue weighted by Crippen LogP contribution is -2.41. The molecule has 0 atom stereocenters. The number of pyridine rings is 1. The Morgan fingerprint density at radius 1 is 1.19 bits per heavy atom. The number of nitrogens with zero attached hydrogens (tertiary/aromatic N) is 1. The minimum absolute atomic E-state index is 0.200. The third-order valence-corrected chi connectivity index (χ3v) is 4.80. The van der Waals surface area contributed by atoms with Gasteiger partial charge >= 0.3 is 7.12 Å². The van der Waals surface area contributed by atoms with Gasteiger partial charge in [-0.2, -0.15) is 0 Å². The SMILES string of the molecule is CC1(C)OB(/C=C/c2ccnc(C3(N)CC3)c2)OC1(C)C. The van der Waals surface area contributed by atoms with E-state index in [1.54, 1.807) is 0 Å². The topological polar surface area (TPSA) is 57.4 Å². The van der Waals surface area contributed by atoms with E-state index in [9.17, 15) is 0 Å². The van der Waals surface area contributed by atoms with Crippen LogP contribution in [0.25, 0.3) is 6.08 Å². The fraction of sp³-hybridized carbons (Fsp3) is 0.562. The zero-order chi connectivity index (χ0) is 15.3. The van der Waals surface area contributed by atoms with Gasteiger partial charge < -0.3 is 15.0 Å². The molecule has 0 bridgehead atoms. The normalized spacial score (nSPS) is 25.5. The summed E-state index contributed by atoms with van der Waals surface area (Å²) in [4.78, 5) is 4.38. The van der Waals surface area contributed by atoms with Gasteiger partial charge in [-0.25, -0.2) is 0 Å². The van der Waals surface area contributed by atoms with E-state index < -0.39 is 0 Å². The molecule has 1 saturated heterocycles. The summed E-state index contributed by atoms with van der Waals surface area (Å²) in [6.45, 7) is 8.21. The lowest BCUT2D eigenvalue weighted by atomic mass is 9.89. The van der Waals surface area contributed by atoms with Gasteiger partial charge in [0.2, 0.25) is 0 Å². The summed E-state index contributed by atoms with van der Waals surface area (Å²) in [5.74, 6) is 1.95. The zero-order valence-corrected chi connectivity index (χ0v) is 13.2. The molecule has 2 heterocycles. The van der Waals surface area contributed by atoms with Crippen LogP contribution in [0, 0.1) is 0 Å². The Morgan fingerprint density at radius 2 is 1.81 bits per heavy atom. The van der Waals surface area contributed by atoms with Crippen LogP contribution in [-0.4, -0.2) is 23.3 Å². The number of hydrogen-bond acceptors (Lipinski definition) is 4.